The Bertz CT molecular complexity index is 831. The molecule has 0 radical (unpaired) electrons. The SMILES string of the molecule is CCCCCCCCCC(=O)OC(CCCCCC(=O)CCCCCC(CSC1CCCCC1)OC(=O)CCCCCCCCC)CSC1CCCCC1. The molecule has 0 amide bonds. The highest BCUT2D eigenvalue weighted by molar-refractivity contribution is 8.00. The van der Waals surface area contributed by atoms with Gasteiger partial charge in [0.05, 0.1) is 0 Å². The molecule has 0 bridgehead atoms. The minimum atomic E-state index is -0.0102. The molecule has 54 heavy (non-hydrogen) atoms. The number of rotatable bonds is 36. The minimum Gasteiger partial charge on any atom is -0.461 e. The van der Waals surface area contributed by atoms with Crippen LogP contribution in [0.15, 0.2) is 0 Å². The lowest BCUT2D eigenvalue weighted by Gasteiger charge is -2.24. The van der Waals surface area contributed by atoms with E-state index in [1.807, 2.05) is 23.5 Å². The average Bonchev–Trinajstić information content (AvgIpc) is 3.18. The molecule has 2 fully saturated rings. The molecule has 2 saturated carbocycles. The Hall–Kier alpha value is -0.690. The second kappa shape index (κ2) is 35.5. The van der Waals surface area contributed by atoms with E-state index in [0.29, 0.717) is 31.5 Å². The first-order chi connectivity index (χ1) is 26.5. The summed E-state index contributed by atoms with van der Waals surface area (Å²) in [6.45, 7) is 4.49. The molecule has 5 nitrogen and oxygen atoms in total. The Morgan fingerprint density at radius 2 is 0.778 bits per heavy atom. The van der Waals surface area contributed by atoms with Crippen LogP contribution in [-0.2, 0) is 23.9 Å². The maximum Gasteiger partial charge on any atom is 0.306 e. The van der Waals surface area contributed by atoms with Gasteiger partial charge in [-0.2, -0.15) is 23.5 Å². The molecule has 2 aliphatic rings. The molecule has 7 heteroatoms. The van der Waals surface area contributed by atoms with Gasteiger partial charge in [0.1, 0.15) is 18.0 Å². The van der Waals surface area contributed by atoms with E-state index in [4.69, 9.17) is 9.47 Å². The van der Waals surface area contributed by atoms with Gasteiger partial charge in [0.2, 0.25) is 0 Å². The third kappa shape index (κ3) is 28.7. The van der Waals surface area contributed by atoms with Gasteiger partial charge in [0.15, 0.2) is 0 Å². The highest BCUT2D eigenvalue weighted by Crippen LogP contribution is 2.31. The molecule has 0 spiro atoms. The van der Waals surface area contributed by atoms with Crippen molar-refractivity contribution >= 4 is 41.2 Å². The number of hydrogen-bond acceptors (Lipinski definition) is 7. The third-order valence-corrected chi connectivity index (χ3v) is 14.7. The number of ether oxygens (including phenoxy) is 2. The molecule has 0 N–H and O–H groups in total. The van der Waals surface area contributed by atoms with Gasteiger partial charge < -0.3 is 9.47 Å². The zero-order chi connectivity index (χ0) is 38.7. The first-order valence-electron chi connectivity index (χ1n) is 23.6. The van der Waals surface area contributed by atoms with Crippen LogP contribution in [0.2, 0.25) is 0 Å². The Morgan fingerprint density at radius 1 is 0.444 bits per heavy atom. The number of ketones is 1. The van der Waals surface area contributed by atoms with Gasteiger partial charge in [-0.15, -0.1) is 0 Å². The van der Waals surface area contributed by atoms with E-state index >= 15 is 0 Å². The van der Waals surface area contributed by atoms with E-state index in [1.54, 1.807) is 0 Å². The summed E-state index contributed by atoms with van der Waals surface area (Å²) in [6, 6.07) is 0. The molecule has 2 unspecified atom stereocenters. The van der Waals surface area contributed by atoms with Crippen LogP contribution in [-0.4, -0.2) is 51.9 Å². The summed E-state index contributed by atoms with van der Waals surface area (Å²) in [5, 5.41) is 1.45. The average molecular weight is 795 g/mol. The third-order valence-electron chi connectivity index (χ3n) is 11.7. The number of unbranched alkanes of at least 4 members (excludes halogenated alkanes) is 16. The van der Waals surface area contributed by atoms with Gasteiger partial charge in [0, 0.05) is 47.7 Å². The Kier molecular flexibility index (Phi) is 32.5. The van der Waals surface area contributed by atoms with E-state index in [-0.39, 0.29) is 24.1 Å². The quantitative estimate of drug-likeness (QED) is 0.0462. The molecule has 2 rings (SSSR count). The van der Waals surface area contributed by atoms with Crippen molar-refractivity contribution in [2.45, 2.75) is 268 Å². The number of esters is 2. The van der Waals surface area contributed by atoms with Crippen LogP contribution in [0.4, 0.5) is 0 Å². The second-order valence-electron chi connectivity index (χ2n) is 16.9. The first-order valence-corrected chi connectivity index (χ1v) is 25.7. The number of hydrogen-bond donors (Lipinski definition) is 0. The van der Waals surface area contributed by atoms with Crippen molar-refractivity contribution in [1.82, 2.24) is 0 Å². The number of carbonyl (C=O) groups is 3. The molecule has 2 atom stereocenters. The maximum absolute atomic E-state index is 12.7. The molecule has 0 aromatic carbocycles. The van der Waals surface area contributed by atoms with Crippen LogP contribution < -0.4 is 0 Å². The van der Waals surface area contributed by atoms with Crippen LogP contribution in [0.3, 0.4) is 0 Å². The van der Waals surface area contributed by atoms with Crippen molar-refractivity contribution in [1.29, 1.82) is 0 Å². The molecule has 0 aliphatic heterocycles. The van der Waals surface area contributed by atoms with E-state index in [1.165, 1.54) is 128 Å². The zero-order valence-corrected chi connectivity index (χ0v) is 37.2. The monoisotopic (exact) mass is 795 g/mol. The van der Waals surface area contributed by atoms with E-state index in [9.17, 15) is 14.4 Å². The van der Waals surface area contributed by atoms with Crippen LogP contribution >= 0.6 is 23.5 Å². The highest BCUT2D eigenvalue weighted by Gasteiger charge is 2.21. The summed E-state index contributed by atoms with van der Waals surface area (Å²) < 4.78 is 12.1. The van der Waals surface area contributed by atoms with Crippen molar-refractivity contribution in [3.05, 3.63) is 0 Å². The molecular formula is C47H86O5S2. The standard InChI is InChI=1S/C47H86O5S2/c1-3-5-7-9-11-13-27-37-46(49)51-42(39-53-44-33-23-17-24-34-44)31-21-15-19-29-41(48)30-20-16-22-32-43(40-54-45-35-25-18-26-36-45)52-47(50)38-28-14-12-10-8-6-4-2/h42-45H,3-40H2,1-2H3. The van der Waals surface area contributed by atoms with Crippen LogP contribution in [0.5, 0.6) is 0 Å². The molecule has 316 valence electrons. The van der Waals surface area contributed by atoms with Gasteiger partial charge >= 0.3 is 11.9 Å². The van der Waals surface area contributed by atoms with Crippen LogP contribution in [0.1, 0.15) is 245 Å². The number of Topliss-reactive ketones (excluding diaryl/α,β-unsaturated/α-hetero) is 1. The highest BCUT2D eigenvalue weighted by atomic mass is 32.2. The lowest BCUT2D eigenvalue weighted by Crippen LogP contribution is -2.22. The Balaban J connectivity index is 1.62. The topological polar surface area (TPSA) is 69.7 Å². The van der Waals surface area contributed by atoms with E-state index in [0.717, 1.165) is 99.1 Å². The number of thioether (sulfide) groups is 2. The fourth-order valence-electron chi connectivity index (χ4n) is 8.11. The van der Waals surface area contributed by atoms with E-state index in [2.05, 4.69) is 13.8 Å². The molecule has 0 saturated heterocycles. The smallest absolute Gasteiger partial charge is 0.306 e. The van der Waals surface area contributed by atoms with Crippen molar-refractivity contribution in [2.24, 2.45) is 0 Å². The molecule has 0 heterocycles. The maximum atomic E-state index is 12.7. The van der Waals surface area contributed by atoms with Gasteiger partial charge in [-0.3, -0.25) is 14.4 Å². The first kappa shape index (κ1) is 49.5. The predicted molar refractivity (Wildman–Crippen MR) is 235 cm³/mol. The fourth-order valence-corrected chi connectivity index (χ4v) is 10.9. The molecule has 2 aliphatic carbocycles. The van der Waals surface area contributed by atoms with Crippen LogP contribution in [0.25, 0.3) is 0 Å². The van der Waals surface area contributed by atoms with Gasteiger partial charge in [-0.1, -0.05) is 142 Å². The van der Waals surface area contributed by atoms with Gasteiger partial charge in [-0.25, -0.2) is 0 Å². The Labute approximate surface area is 342 Å². The van der Waals surface area contributed by atoms with Crippen LogP contribution in [0, 0.1) is 0 Å². The van der Waals surface area contributed by atoms with Crippen molar-refractivity contribution in [2.75, 3.05) is 11.5 Å². The predicted octanol–water partition coefficient (Wildman–Crippen LogP) is 14.7. The second-order valence-corrected chi connectivity index (χ2v) is 19.6. The summed E-state index contributed by atoms with van der Waals surface area (Å²) in [6.07, 6.45) is 40.5. The minimum absolute atomic E-state index is 0.00849. The molecular weight excluding hydrogens is 709 g/mol. The summed E-state index contributed by atoms with van der Waals surface area (Å²) in [7, 11) is 0. The lowest BCUT2D eigenvalue weighted by molar-refractivity contribution is -0.149. The normalized spacial score (nSPS) is 16.6. The van der Waals surface area contributed by atoms with Crippen molar-refractivity contribution < 1.29 is 23.9 Å². The zero-order valence-electron chi connectivity index (χ0n) is 35.5. The fraction of sp³-hybridized carbons (Fsp3) is 0.936. The summed E-state index contributed by atoms with van der Waals surface area (Å²) in [5.41, 5.74) is 0. The van der Waals surface area contributed by atoms with Gasteiger partial charge in [0.25, 0.3) is 0 Å². The Morgan fingerprint density at radius 3 is 1.17 bits per heavy atom. The van der Waals surface area contributed by atoms with Crippen molar-refractivity contribution in [3.63, 3.8) is 0 Å². The number of carbonyl (C=O) groups excluding carboxylic acids is 3. The van der Waals surface area contributed by atoms with Gasteiger partial charge in [-0.05, 0) is 77.0 Å². The summed E-state index contributed by atoms with van der Waals surface area (Å²) in [4.78, 5) is 38.2. The summed E-state index contributed by atoms with van der Waals surface area (Å²) >= 11 is 4.06. The lowest BCUT2D eigenvalue weighted by atomic mass is 10.0. The van der Waals surface area contributed by atoms with Crippen molar-refractivity contribution in [3.8, 4) is 0 Å². The largest absolute Gasteiger partial charge is 0.461 e. The summed E-state index contributed by atoms with van der Waals surface area (Å²) in [5.74, 6) is 2.20. The molecule has 0 aromatic heterocycles. The molecule has 0 aromatic rings. The van der Waals surface area contributed by atoms with E-state index < -0.39 is 0 Å².